The highest BCUT2D eigenvalue weighted by atomic mass is 32.2. The van der Waals surface area contributed by atoms with Crippen LogP contribution in [0.3, 0.4) is 0 Å². The molecule has 4 rings (SSSR count). The number of benzene rings is 2. The molecule has 0 spiro atoms. The lowest BCUT2D eigenvalue weighted by Gasteiger charge is -2.13. The number of rotatable bonds is 7. The van der Waals surface area contributed by atoms with Gasteiger partial charge in [0.1, 0.15) is 5.69 Å². The van der Waals surface area contributed by atoms with Gasteiger partial charge in [-0.3, -0.25) is 9.78 Å². The van der Waals surface area contributed by atoms with Gasteiger partial charge in [0.2, 0.25) is 10.0 Å². The van der Waals surface area contributed by atoms with E-state index in [9.17, 15) is 13.2 Å². The van der Waals surface area contributed by atoms with E-state index in [-0.39, 0.29) is 10.8 Å². The van der Waals surface area contributed by atoms with Gasteiger partial charge in [-0.2, -0.15) is 0 Å². The van der Waals surface area contributed by atoms with Gasteiger partial charge in [0.25, 0.3) is 5.91 Å². The number of carbonyl (C=O) groups excluding carboxylic acids is 1. The topological polar surface area (TPSA) is 84.3 Å². The normalized spacial score (nSPS) is 11.8. The van der Waals surface area contributed by atoms with Crippen molar-refractivity contribution >= 4 is 26.8 Å². The Labute approximate surface area is 193 Å². The maximum atomic E-state index is 13.2. The molecule has 0 fully saturated rings. The van der Waals surface area contributed by atoms with Crippen LogP contribution in [0, 0.1) is 6.92 Å². The molecule has 0 saturated heterocycles. The van der Waals surface area contributed by atoms with E-state index in [1.54, 1.807) is 36.7 Å². The summed E-state index contributed by atoms with van der Waals surface area (Å²) < 4.78 is 28.3. The van der Waals surface area contributed by atoms with Crippen molar-refractivity contribution in [1.29, 1.82) is 0 Å². The van der Waals surface area contributed by atoms with Crippen LogP contribution in [0.2, 0.25) is 0 Å². The highest BCUT2D eigenvalue weighted by Gasteiger charge is 2.21. The third-order valence-corrected chi connectivity index (χ3v) is 7.49. The highest BCUT2D eigenvalue weighted by Crippen LogP contribution is 2.26. The summed E-state index contributed by atoms with van der Waals surface area (Å²) in [6.45, 7) is 2.87. The number of carbonyl (C=O) groups is 1. The van der Waals surface area contributed by atoms with E-state index in [4.69, 9.17) is 0 Å². The van der Waals surface area contributed by atoms with Crippen molar-refractivity contribution in [3.05, 3.63) is 95.4 Å². The van der Waals surface area contributed by atoms with Gasteiger partial charge < -0.3 is 9.88 Å². The predicted molar refractivity (Wildman–Crippen MR) is 128 cm³/mol. The summed E-state index contributed by atoms with van der Waals surface area (Å²) in [5, 5.41) is 3.70. The third-order valence-electron chi connectivity index (χ3n) is 5.67. The molecule has 1 amide bonds. The lowest BCUT2D eigenvalue weighted by molar-refractivity contribution is 0.0942. The standard InChI is InChI=1S/C25H26N4O3S/c1-18-6-4-5-7-20(18)16-27-25(30)24-15-21-14-22(33(31,32)28(2)3)8-9-23(21)29(24)17-19-10-12-26-13-11-19/h4-15H,16-17H2,1-3H3,(H,27,30). The summed E-state index contributed by atoms with van der Waals surface area (Å²) in [4.78, 5) is 17.5. The molecule has 33 heavy (non-hydrogen) atoms. The Balaban J connectivity index is 1.75. The number of aromatic nitrogens is 2. The summed E-state index contributed by atoms with van der Waals surface area (Å²) in [6.07, 6.45) is 3.42. The lowest BCUT2D eigenvalue weighted by atomic mass is 10.1. The minimum atomic E-state index is -3.59. The lowest BCUT2D eigenvalue weighted by Crippen LogP contribution is -2.26. The van der Waals surface area contributed by atoms with Crippen LogP contribution in [0.25, 0.3) is 10.9 Å². The predicted octanol–water partition coefficient (Wildman–Crippen LogP) is 3.57. The van der Waals surface area contributed by atoms with Crippen molar-refractivity contribution in [3.63, 3.8) is 0 Å². The first-order chi connectivity index (χ1) is 15.8. The molecule has 2 heterocycles. The minimum absolute atomic E-state index is 0.188. The quantitative estimate of drug-likeness (QED) is 0.455. The molecule has 4 aromatic rings. The van der Waals surface area contributed by atoms with E-state index in [2.05, 4.69) is 10.3 Å². The Kier molecular flexibility index (Phi) is 6.31. The summed E-state index contributed by atoms with van der Waals surface area (Å²) >= 11 is 0. The fraction of sp³-hybridized carbons (Fsp3) is 0.200. The van der Waals surface area contributed by atoms with Crippen LogP contribution in [0.4, 0.5) is 0 Å². The molecule has 7 nitrogen and oxygen atoms in total. The van der Waals surface area contributed by atoms with E-state index in [1.807, 2.05) is 47.9 Å². The molecule has 0 saturated carbocycles. The number of hydrogen-bond donors (Lipinski definition) is 1. The summed E-state index contributed by atoms with van der Waals surface area (Å²) in [7, 11) is -0.590. The SMILES string of the molecule is Cc1ccccc1CNC(=O)c1cc2cc(S(=O)(=O)N(C)C)ccc2n1Cc1ccncc1. The van der Waals surface area contributed by atoms with Crippen molar-refractivity contribution in [2.75, 3.05) is 14.1 Å². The molecule has 1 N–H and O–H groups in total. The van der Waals surface area contributed by atoms with Gasteiger partial charge in [0, 0.05) is 50.5 Å². The van der Waals surface area contributed by atoms with Crippen LogP contribution < -0.4 is 5.32 Å². The molecule has 0 atom stereocenters. The zero-order valence-electron chi connectivity index (χ0n) is 18.8. The van der Waals surface area contributed by atoms with E-state index in [0.29, 0.717) is 24.2 Å². The van der Waals surface area contributed by atoms with Crippen LogP contribution in [0.15, 0.2) is 78.0 Å². The Hall–Kier alpha value is -3.49. The fourth-order valence-corrected chi connectivity index (χ4v) is 4.66. The van der Waals surface area contributed by atoms with Gasteiger partial charge in [0.05, 0.1) is 4.90 Å². The van der Waals surface area contributed by atoms with Crippen molar-refractivity contribution in [2.24, 2.45) is 0 Å². The van der Waals surface area contributed by atoms with Gasteiger partial charge >= 0.3 is 0 Å². The Bertz CT molecular complexity index is 1410. The molecule has 170 valence electrons. The number of pyridine rings is 1. The maximum absolute atomic E-state index is 13.2. The molecule has 0 aliphatic carbocycles. The number of nitrogens with zero attached hydrogens (tertiary/aromatic N) is 3. The second kappa shape index (κ2) is 9.17. The maximum Gasteiger partial charge on any atom is 0.268 e. The summed E-state index contributed by atoms with van der Waals surface area (Å²) in [5.41, 5.74) is 4.39. The highest BCUT2D eigenvalue weighted by molar-refractivity contribution is 7.89. The third kappa shape index (κ3) is 4.67. The zero-order chi connectivity index (χ0) is 23.6. The molecule has 2 aromatic heterocycles. The Morgan fingerprint density at radius 3 is 2.45 bits per heavy atom. The molecule has 0 aliphatic heterocycles. The second-order valence-corrected chi connectivity index (χ2v) is 10.2. The minimum Gasteiger partial charge on any atom is -0.347 e. The molecule has 0 aliphatic rings. The van der Waals surface area contributed by atoms with Crippen LogP contribution in [-0.4, -0.2) is 42.3 Å². The number of amides is 1. The Morgan fingerprint density at radius 1 is 1.03 bits per heavy atom. The van der Waals surface area contributed by atoms with Gasteiger partial charge in [-0.15, -0.1) is 0 Å². The van der Waals surface area contributed by atoms with Crippen molar-refractivity contribution < 1.29 is 13.2 Å². The first-order valence-corrected chi connectivity index (χ1v) is 12.0. The first-order valence-electron chi connectivity index (χ1n) is 10.5. The average Bonchev–Trinajstić information content (AvgIpc) is 3.16. The van der Waals surface area contributed by atoms with E-state index in [0.717, 1.165) is 22.2 Å². The first kappa shape index (κ1) is 22.7. The van der Waals surface area contributed by atoms with Crippen LogP contribution in [0.1, 0.15) is 27.2 Å². The van der Waals surface area contributed by atoms with Crippen molar-refractivity contribution in [2.45, 2.75) is 24.9 Å². The van der Waals surface area contributed by atoms with Crippen molar-refractivity contribution in [3.8, 4) is 0 Å². The monoisotopic (exact) mass is 462 g/mol. The molecule has 2 aromatic carbocycles. The number of aryl methyl sites for hydroxylation is 1. The molecule has 0 unspecified atom stereocenters. The number of nitrogens with one attached hydrogen (secondary N) is 1. The number of hydrogen-bond acceptors (Lipinski definition) is 4. The van der Waals surface area contributed by atoms with Gasteiger partial charge in [-0.25, -0.2) is 12.7 Å². The average molecular weight is 463 g/mol. The number of fused-ring (bicyclic) bond motifs is 1. The molecule has 0 bridgehead atoms. The van der Waals surface area contributed by atoms with Gasteiger partial charge in [0.15, 0.2) is 0 Å². The molecular formula is C25H26N4O3S. The van der Waals surface area contributed by atoms with Crippen molar-refractivity contribution in [1.82, 2.24) is 19.2 Å². The van der Waals surface area contributed by atoms with E-state index in [1.165, 1.54) is 18.4 Å². The Morgan fingerprint density at radius 2 is 1.76 bits per heavy atom. The molecular weight excluding hydrogens is 436 g/mol. The van der Waals surface area contributed by atoms with E-state index >= 15 is 0 Å². The second-order valence-electron chi connectivity index (χ2n) is 8.09. The fourth-order valence-electron chi connectivity index (χ4n) is 3.72. The molecule has 0 radical (unpaired) electrons. The zero-order valence-corrected chi connectivity index (χ0v) is 19.6. The summed E-state index contributed by atoms with van der Waals surface area (Å²) in [6, 6.07) is 18.4. The summed E-state index contributed by atoms with van der Waals surface area (Å²) in [5.74, 6) is -0.222. The largest absolute Gasteiger partial charge is 0.347 e. The van der Waals surface area contributed by atoms with Gasteiger partial charge in [-0.05, 0) is 60.0 Å². The van der Waals surface area contributed by atoms with Crippen LogP contribution in [0.5, 0.6) is 0 Å². The van der Waals surface area contributed by atoms with Crippen LogP contribution >= 0.6 is 0 Å². The van der Waals surface area contributed by atoms with Crippen LogP contribution in [-0.2, 0) is 23.1 Å². The van der Waals surface area contributed by atoms with E-state index < -0.39 is 10.0 Å². The van der Waals surface area contributed by atoms with Gasteiger partial charge in [-0.1, -0.05) is 24.3 Å². The number of sulfonamides is 1. The smallest absolute Gasteiger partial charge is 0.268 e. The molecule has 8 heteroatoms.